The molecule has 0 amide bonds. The lowest BCUT2D eigenvalue weighted by Crippen LogP contribution is -2.56. The maximum atomic E-state index is 2.73. The second-order valence-electron chi connectivity index (χ2n) is 6.42. The fourth-order valence-electron chi connectivity index (χ4n) is 3.56. The number of hydrogen-bond acceptors (Lipinski definition) is 2. The van der Waals surface area contributed by atoms with Gasteiger partial charge in [-0.2, -0.15) is 0 Å². The lowest BCUT2D eigenvalue weighted by atomic mass is 9.74. The quantitative estimate of drug-likeness (QED) is 0.654. The molecule has 2 bridgehead atoms. The van der Waals surface area contributed by atoms with E-state index in [-0.39, 0.29) is 0 Å². The Morgan fingerprint density at radius 1 is 1.27 bits per heavy atom. The molecule has 0 aromatic rings. The second kappa shape index (κ2) is 3.74. The minimum absolute atomic E-state index is 0.498. The zero-order valence-corrected chi connectivity index (χ0v) is 11.0. The van der Waals surface area contributed by atoms with Crippen LogP contribution < -0.4 is 0 Å². The van der Waals surface area contributed by atoms with Crippen LogP contribution in [0.5, 0.6) is 0 Å². The highest BCUT2D eigenvalue weighted by atomic mass is 15.3. The van der Waals surface area contributed by atoms with E-state index in [4.69, 9.17) is 0 Å². The monoisotopic (exact) mass is 210 g/mol. The van der Waals surface area contributed by atoms with Crippen LogP contribution in [0.15, 0.2) is 0 Å². The van der Waals surface area contributed by atoms with Crippen molar-refractivity contribution in [3.63, 3.8) is 0 Å². The molecule has 0 aliphatic carbocycles. The van der Waals surface area contributed by atoms with Crippen molar-refractivity contribution < 1.29 is 0 Å². The molecule has 0 aromatic heterocycles. The van der Waals surface area contributed by atoms with E-state index >= 15 is 0 Å². The fourth-order valence-corrected chi connectivity index (χ4v) is 3.56. The first-order valence-electron chi connectivity index (χ1n) is 6.38. The van der Waals surface area contributed by atoms with E-state index in [1.165, 1.54) is 25.9 Å². The van der Waals surface area contributed by atoms with Crippen LogP contribution in [0, 0.1) is 5.41 Å². The Morgan fingerprint density at radius 3 is 2.53 bits per heavy atom. The highest BCUT2D eigenvalue weighted by Crippen LogP contribution is 2.41. The summed E-state index contributed by atoms with van der Waals surface area (Å²) in [5.41, 5.74) is 0.498. The Balaban J connectivity index is 2.26. The molecule has 3 heterocycles. The molecule has 0 aromatic carbocycles. The molecule has 3 rings (SSSR count). The summed E-state index contributed by atoms with van der Waals surface area (Å²) in [6.45, 7) is 12.2. The van der Waals surface area contributed by atoms with E-state index < -0.39 is 0 Å². The average molecular weight is 210 g/mol. The smallest absolute Gasteiger partial charge is 0.0226 e. The van der Waals surface area contributed by atoms with E-state index in [0.717, 1.165) is 12.1 Å². The molecule has 15 heavy (non-hydrogen) atoms. The SMILES string of the molecule is CC(C)N1C[C@H]2CC(C)(C)[C@@H]1CCN2C. The molecule has 3 saturated heterocycles. The number of likely N-dealkylation sites (N-methyl/N-ethyl adjacent to an activating group) is 1. The summed E-state index contributed by atoms with van der Waals surface area (Å²) in [6, 6.07) is 2.27. The van der Waals surface area contributed by atoms with Crippen LogP contribution in [0.1, 0.15) is 40.5 Å². The molecular weight excluding hydrogens is 184 g/mol. The summed E-state index contributed by atoms with van der Waals surface area (Å²) in [4.78, 5) is 5.31. The Morgan fingerprint density at radius 2 is 1.93 bits per heavy atom. The van der Waals surface area contributed by atoms with Gasteiger partial charge in [0.05, 0.1) is 0 Å². The third-order valence-corrected chi connectivity index (χ3v) is 4.53. The van der Waals surface area contributed by atoms with Crippen molar-refractivity contribution in [3.05, 3.63) is 0 Å². The molecule has 2 atom stereocenters. The zero-order valence-electron chi connectivity index (χ0n) is 11.0. The van der Waals surface area contributed by atoms with Crippen molar-refractivity contribution in [1.82, 2.24) is 9.80 Å². The van der Waals surface area contributed by atoms with Gasteiger partial charge in [0.1, 0.15) is 0 Å². The van der Waals surface area contributed by atoms with E-state index in [1.54, 1.807) is 0 Å². The fraction of sp³-hybridized carbons (Fsp3) is 1.00. The lowest BCUT2D eigenvalue weighted by Gasteiger charge is -2.49. The summed E-state index contributed by atoms with van der Waals surface area (Å²) in [5, 5.41) is 0. The molecule has 0 N–H and O–H groups in total. The van der Waals surface area contributed by atoms with Crippen molar-refractivity contribution in [3.8, 4) is 0 Å². The summed E-state index contributed by atoms with van der Waals surface area (Å²) in [7, 11) is 2.30. The van der Waals surface area contributed by atoms with Gasteiger partial charge in [-0.05, 0) is 45.7 Å². The van der Waals surface area contributed by atoms with Crippen molar-refractivity contribution in [2.24, 2.45) is 5.41 Å². The van der Waals surface area contributed by atoms with Crippen molar-refractivity contribution in [1.29, 1.82) is 0 Å². The highest BCUT2D eigenvalue weighted by Gasteiger charge is 2.45. The minimum atomic E-state index is 0.498. The normalized spacial score (nSPS) is 37.2. The molecule has 2 nitrogen and oxygen atoms in total. The number of nitrogens with zero attached hydrogens (tertiary/aromatic N) is 2. The van der Waals surface area contributed by atoms with Gasteiger partial charge in [0.25, 0.3) is 0 Å². The summed E-state index contributed by atoms with van der Waals surface area (Å²) in [6.07, 6.45) is 2.72. The van der Waals surface area contributed by atoms with Crippen LogP contribution in [-0.4, -0.2) is 48.1 Å². The van der Waals surface area contributed by atoms with Gasteiger partial charge in [0.15, 0.2) is 0 Å². The average Bonchev–Trinajstić information content (AvgIpc) is 2.32. The van der Waals surface area contributed by atoms with E-state index in [1.807, 2.05) is 0 Å². The van der Waals surface area contributed by atoms with E-state index in [2.05, 4.69) is 44.5 Å². The van der Waals surface area contributed by atoms with Gasteiger partial charge in [0, 0.05) is 24.7 Å². The predicted octanol–water partition coefficient (Wildman–Crippen LogP) is 2.20. The standard InChI is InChI=1S/C13H26N2/c1-10(2)15-9-11-8-13(3,4)12(15)6-7-14(11)5/h10-12H,6-9H2,1-5H3/t11-,12+/m1/s1. The van der Waals surface area contributed by atoms with Gasteiger partial charge in [0.2, 0.25) is 0 Å². The van der Waals surface area contributed by atoms with E-state index in [9.17, 15) is 0 Å². The second-order valence-corrected chi connectivity index (χ2v) is 6.42. The first kappa shape index (κ1) is 11.4. The summed E-state index contributed by atoms with van der Waals surface area (Å²) >= 11 is 0. The van der Waals surface area contributed by atoms with Crippen LogP contribution in [0.2, 0.25) is 0 Å². The molecule has 2 heteroatoms. The van der Waals surface area contributed by atoms with Crippen LogP contribution in [-0.2, 0) is 0 Å². The van der Waals surface area contributed by atoms with Gasteiger partial charge >= 0.3 is 0 Å². The van der Waals surface area contributed by atoms with Crippen LogP contribution in [0.3, 0.4) is 0 Å². The largest absolute Gasteiger partial charge is 0.302 e. The first-order chi connectivity index (χ1) is 6.92. The molecule has 0 radical (unpaired) electrons. The van der Waals surface area contributed by atoms with Crippen molar-refractivity contribution in [2.75, 3.05) is 20.1 Å². The molecule has 0 spiro atoms. The maximum Gasteiger partial charge on any atom is 0.0226 e. The Bertz CT molecular complexity index is 235. The Labute approximate surface area is 94.6 Å². The van der Waals surface area contributed by atoms with Crippen molar-refractivity contribution >= 4 is 0 Å². The topological polar surface area (TPSA) is 6.48 Å². The van der Waals surface area contributed by atoms with Gasteiger partial charge in [-0.15, -0.1) is 0 Å². The molecule has 0 unspecified atom stereocenters. The number of rotatable bonds is 1. The van der Waals surface area contributed by atoms with Crippen LogP contribution in [0.4, 0.5) is 0 Å². The van der Waals surface area contributed by atoms with Crippen LogP contribution in [0.25, 0.3) is 0 Å². The highest BCUT2D eigenvalue weighted by molar-refractivity contribution is 5.00. The van der Waals surface area contributed by atoms with Crippen LogP contribution >= 0.6 is 0 Å². The third-order valence-electron chi connectivity index (χ3n) is 4.53. The van der Waals surface area contributed by atoms with E-state index in [0.29, 0.717) is 11.5 Å². The molecule has 3 aliphatic heterocycles. The molecule has 3 fully saturated rings. The molecule has 88 valence electrons. The first-order valence-corrected chi connectivity index (χ1v) is 6.38. The Hall–Kier alpha value is -0.0800. The number of hydrogen-bond donors (Lipinski definition) is 0. The van der Waals surface area contributed by atoms with Crippen molar-refractivity contribution in [2.45, 2.75) is 58.7 Å². The molecular formula is C13H26N2. The summed E-state index contributed by atoms with van der Waals surface area (Å²) < 4.78 is 0. The third kappa shape index (κ3) is 1.94. The summed E-state index contributed by atoms with van der Waals surface area (Å²) in [5.74, 6) is 0. The molecule has 3 aliphatic rings. The maximum absolute atomic E-state index is 2.73. The number of fused-ring (bicyclic) bond motifs is 4. The minimum Gasteiger partial charge on any atom is -0.302 e. The number of piperidine rings is 1. The predicted molar refractivity (Wildman–Crippen MR) is 65.1 cm³/mol. The van der Waals surface area contributed by atoms with Gasteiger partial charge in [-0.1, -0.05) is 13.8 Å². The zero-order chi connectivity index (χ0) is 11.2. The van der Waals surface area contributed by atoms with Gasteiger partial charge < -0.3 is 4.90 Å². The van der Waals surface area contributed by atoms with Gasteiger partial charge in [-0.3, -0.25) is 4.90 Å². The van der Waals surface area contributed by atoms with Gasteiger partial charge in [-0.25, -0.2) is 0 Å². The lowest BCUT2D eigenvalue weighted by molar-refractivity contribution is 0.000176. The molecule has 0 saturated carbocycles. The Kier molecular flexibility index (Phi) is 2.85.